The molecule has 6 nitrogen and oxygen atoms in total. The number of nitriles is 2. The zero-order valence-electron chi connectivity index (χ0n) is 12.7. The highest BCUT2D eigenvalue weighted by Crippen LogP contribution is 2.38. The van der Waals surface area contributed by atoms with Crippen molar-refractivity contribution in [3.8, 4) is 23.4 Å². The molecule has 0 N–H and O–H groups in total. The number of nitro benzene ring substituents is 1. The Morgan fingerprint density at radius 1 is 1.24 bits per heavy atom. The maximum Gasteiger partial charge on any atom is 0.423 e. The first-order chi connectivity index (χ1) is 11.7. The van der Waals surface area contributed by atoms with Crippen LogP contribution in [0.1, 0.15) is 11.3 Å². The summed E-state index contributed by atoms with van der Waals surface area (Å²) in [5.74, 6) is 0. The summed E-state index contributed by atoms with van der Waals surface area (Å²) in [6.45, 7) is 0. The molecule has 2 rings (SSSR count). The number of nitro groups is 1. The van der Waals surface area contributed by atoms with Crippen LogP contribution in [0, 0.1) is 32.8 Å². The van der Waals surface area contributed by atoms with Crippen LogP contribution in [0.15, 0.2) is 35.9 Å². The SMILES string of the molecule is Cn1c(C=C(C#N)C#N)ccc1-c1ccc([N+](=O)[O-])c(C(F)(F)F)c1. The minimum absolute atomic E-state index is 0.121. The lowest BCUT2D eigenvalue weighted by Gasteiger charge is -2.11. The van der Waals surface area contributed by atoms with E-state index in [0.29, 0.717) is 17.5 Å². The molecule has 0 atom stereocenters. The number of aromatic nitrogens is 1. The van der Waals surface area contributed by atoms with Gasteiger partial charge in [0, 0.05) is 24.5 Å². The Balaban J connectivity index is 2.60. The summed E-state index contributed by atoms with van der Waals surface area (Å²) in [5.41, 5.74) is -1.63. The predicted molar refractivity (Wildman–Crippen MR) is 81.7 cm³/mol. The monoisotopic (exact) mass is 346 g/mol. The normalized spacial score (nSPS) is 10.6. The van der Waals surface area contributed by atoms with Crippen LogP contribution in [0.4, 0.5) is 18.9 Å². The van der Waals surface area contributed by atoms with E-state index in [-0.39, 0.29) is 11.1 Å². The first-order valence-corrected chi connectivity index (χ1v) is 6.72. The lowest BCUT2D eigenvalue weighted by Crippen LogP contribution is -2.09. The second kappa shape index (κ2) is 6.49. The number of halogens is 3. The third kappa shape index (κ3) is 3.51. The average molecular weight is 346 g/mol. The van der Waals surface area contributed by atoms with Crippen molar-refractivity contribution in [1.29, 1.82) is 10.5 Å². The number of alkyl halides is 3. The number of rotatable bonds is 3. The Hall–Kier alpha value is -3.59. The van der Waals surface area contributed by atoms with E-state index in [4.69, 9.17) is 10.5 Å². The average Bonchev–Trinajstić information content (AvgIpc) is 2.91. The van der Waals surface area contributed by atoms with Crippen molar-refractivity contribution in [2.45, 2.75) is 6.18 Å². The van der Waals surface area contributed by atoms with Crippen LogP contribution in [-0.4, -0.2) is 9.49 Å². The molecule has 0 fully saturated rings. The highest BCUT2D eigenvalue weighted by molar-refractivity contribution is 5.69. The van der Waals surface area contributed by atoms with Crippen molar-refractivity contribution in [1.82, 2.24) is 4.57 Å². The van der Waals surface area contributed by atoms with Gasteiger partial charge in [-0.3, -0.25) is 10.1 Å². The molecule has 1 heterocycles. The van der Waals surface area contributed by atoms with Gasteiger partial charge in [0.05, 0.1) is 4.92 Å². The Morgan fingerprint density at radius 2 is 1.88 bits per heavy atom. The predicted octanol–water partition coefficient (Wildman–Crippen LogP) is 4.05. The van der Waals surface area contributed by atoms with Gasteiger partial charge in [0.1, 0.15) is 23.3 Å². The lowest BCUT2D eigenvalue weighted by molar-refractivity contribution is -0.388. The van der Waals surface area contributed by atoms with Crippen LogP contribution in [0.3, 0.4) is 0 Å². The Bertz CT molecular complexity index is 943. The molecule has 0 aliphatic carbocycles. The van der Waals surface area contributed by atoms with Gasteiger partial charge >= 0.3 is 6.18 Å². The van der Waals surface area contributed by atoms with E-state index in [1.807, 2.05) is 0 Å². The van der Waals surface area contributed by atoms with E-state index in [2.05, 4.69) is 0 Å². The smallest absolute Gasteiger partial charge is 0.344 e. The molecule has 0 bridgehead atoms. The van der Waals surface area contributed by atoms with Gasteiger partial charge in [0.25, 0.3) is 5.69 Å². The molecule has 0 aliphatic heterocycles. The molecule has 0 unspecified atom stereocenters. The molecule has 25 heavy (non-hydrogen) atoms. The van der Waals surface area contributed by atoms with Gasteiger partial charge in [0.15, 0.2) is 0 Å². The fourth-order valence-electron chi connectivity index (χ4n) is 2.28. The maximum atomic E-state index is 13.1. The van der Waals surface area contributed by atoms with E-state index >= 15 is 0 Å². The zero-order valence-corrected chi connectivity index (χ0v) is 12.7. The van der Waals surface area contributed by atoms with E-state index in [1.165, 1.54) is 28.8 Å². The minimum Gasteiger partial charge on any atom is -0.344 e. The van der Waals surface area contributed by atoms with Gasteiger partial charge in [-0.1, -0.05) is 0 Å². The molecular formula is C16H9F3N4O2. The highest BCUT2D eigenvalue weighted by atomic mass is 19.4. The van der Waals surface area contributed by atoms with Crippen molar-refractivity contribution in [2.75, 3.05) is 0 Å². The molecule has 0 radical (unpaired) electrons. The molecule has 0 saturated heterocycles. The van der Waals surface area contributed by atoms with Gasteiger partial charge in [-0.2, -0.15) is 23.7 Å². The van der Waals surface area contributed by atoms with Gasteiger partial charge < -0.3 is 4.57 Å². The van der Waals surface area contributed by atoms with Crippen LogP contribution in [0.2, 0.25) is 0 Å². The topological polar surface area (TPSA) is 95.7 Å². The minimum atomic E-state index is -4.87. The molecule has 0 aliphatic rings. The fraction of sp³-hybridized carbons (Fsp3) is 0.125. The summed E-state index contributed by atoms with van der Waals surface area (Å²) in [5, 5.41) is 28.3. The fourth-order valence-corrected chi connectivity index (χ4v) is 2.28. The summed E-state index contributed by atoms with van der Waals surface area (Å²) < 4.78 is 40.7. The number of benzene rings is 1. The van der Waals surface area contributed by atoms with Crippen LogP contribution < -0.4 is 0 Å². The Labute approximate surface area is 139 Å². The lowest BCUT2D eigenvalue weighted by atomic mass is 10.1. The molecule has 1 aromatic heterocycles. The molecule has 1 aromatic carbocycles. The van der Waals surface area contributed by atoms with Gasteiger partial charge in [-0.05, 0) is 35.9 Å². The summed E-state index contributed by atoms with van der Waals surface area (Å²) in [6, 6.07) is 9.12. The summed E-state index contributed by atoms with van der Waals surface area (Å²) in [4.78, 5) is 9.72. The van der Waals surface area contributed by atoms with Crippen LogP contribution >= 0.6 is 0 Å². The first kappa shape index (κ1) is 17.8. The van der Waals surface area contributed by atoms with Crippen LogP contribution in [-0.2, 0) is 13.2 Å². The number of allylic oxidation sites excluding steroid dienone is 1. The molecule has 126 valence electrons. The molecular weight excluding hydrogens is 337 g/mol. The molecule has 0 amide bonds. The standard InChI is InChI=1S/C16H9F3N4O2/c1-22-12(6-10(8-20)9-21)3-5-14(22)11-2-4-15(23(24)25)13(7-11)16(17,18)19/h2-7H,1H3. The Morgan fingerprint density at radius 3 is 2.40 bits per heavy atom. The molecule has 2 aromatic rings. The van der Waals surface area contributed by atoms with Gasteiger partial charge in [-0.15, -0.1) is 0 Å². The maximum absolute atomic E-state index is 13.1. The van der Waals surface area contributed by atoms with Crippen molar-refractivity contribution in [3.05, 3.63) is 57.3 Å². The van der Waals surface area contributed by atoms with E-state index in [9.17, 15) is 23.3 Å². The molecule has 9 heteroatoms. The first-order valence-electron chi connectivity index (χ1n) is 6.72. The highest BCUT2D eigenvalue weighted by Gasteiger charge is 2.38. The Kier molecular flexibility index (Phi) is 4.61. The summed E-state index contributed by atoms with van der Waals surface area (Å²) in [7, 11) is 1.54. The number of nitrogens with zero attached hydrogens (tertiary/aromatic N) is 4. The van der Waals surface area contributed by atoms with Crippen molar-refractivity contribution >= 4 is 11.8 Å². The summed E-state index contributed by atoms with van der Waals surface area (Å²) in [6.07, 6.45) is -3.58. The third-order valence-corrected chi connectivity index (χ3v) is 3.49. The van der Waals surface area contributed by atoms with Gasteiger partial charge in [0.2, 0.25) is 0 Å². The number of hydrogen-bond donors (Lipinski definition) is 0. The number of hydrogen-bond acceptors (Lipinski definition) is 4. The quantitative estimate of drug-likeness (QED) is 0.476. The van der Waals surface area contributed by atoms with Gasteiger partial charge in [-0.25, -0.2) is 0 Å². The van der Waals surface area contributed by atoms with Crippen LogP contribution in [0.5, 0.6) is 0 Å². The van der Waals surface area contributed by atoms with Crippen molar-refractivity contribution in [2.24, 2.45) is 7.05 Å². The van der Waals surface area contributed by atoms with Crippen LogP contribution in [0.25, 0.3) is 17.3 Å². The second-order valence-corrected chi connectivity index (χ2v) is 4.97. The van der Waals surface area contributed by atoms with E-state index in [0.717, 1.165) is 6.07 Å². The van der Waals surface area contributed by atoms with Crippen molar-refractivity contribution in [3.63, 3.8) is 0 Å². The second-order valence-electron chi connectivity index (χ2n) is 4.97. The third-order valence-electron chi connectivity index (χ3n) is 3.49. The zero-order chi connectivity index (χ0) is 18.8. The summed E-state index contributed by atoms with van der Waals surface area (Å²) >= 11 is 0. The van der Waals surface area contributed by atoms with E-state index in [1.54, 1.807) is 19.2 Å². The van der Waals surface area contributed by atoms with E-state index < -0.39 is 22.4 Å². The largest absolute Gasteiger partial charge is 0.423 e. The molecule has 0 spiro atoms. The molecule has 0 saturated carbocycles. The van der Waals surface area contributed by atoms with Crippen molar-refractivity contribution < 1.29 is 18.1 Å².